The summed E-state index contributed by atoms with van der Waals surface area (Å²) in [6, 6.07) is 1.70. The van der Waals surface area contributed by atoms with Gasteiger partial charge in [0.05, 0.1) is 0 Å². The van der Waals surface area contributed by atoms with E-state index >= 15 is 0 Å². The number of halogens is 2. The van der Waals surface area contributed by atoms with Gasteiger partial charge in [0, 0.05) is 23.7 Å². The van der Waals surface area contributed by atoms with E-state index in [2.05, 4.69) is 4.90 Å². The molecular weight excluding hydrogens is 189 g/mol. The summed E-state index contributed by atoms with van der Waals surface area (Å²) >= 11 is 6.02. The van der Waals surface area contributed by atoms with Crippen LogP contribution in [0, 0.1) is 12.7 Å². The Bertz CT molecular complexity index is 362. The molecule has 1 aliphatic rings. The Labute approximate surface area is 82.1 Å². The van der Waals surface area contributed by atoms with Crippen molar-refractivity contribution in [1.29, 1.82) is 0 Å². The van der Waals surface area contributed by atoms with Crippen LogP contribution in [0.15, 0.2) is 6.07 Å². The van der Waals surface area contributed by atoms with Gasteiger partial charge in [-0.3, -0.25) is 4.90 Å². The molecule has 13 heavy (non-hydrogen) atoms. The maximum atomic E-state index is 13.6. The van der Waals surface area contributed by atoms with E-state index < -0.39 is 0 Å². The Morgan fingerprint density at radius 1 is 1.38 bits per heavy atom. The van der Waals surface area contributed by atoms with Gasteiger partial charge < -0.3 is 0 Å². The van der Waals surface area contributed by atoms with Gasteiger partial charge in [-0.25, -0.2) is 4.39 Å². The molecule has 1 nitrogen and oxygen atoms in total. The van der Waals surface area contributed by atoms with E-state index in [9.17, 15) is 4.39 Å². The maximum absolute atomic E-state index is 13.6. The highest BCUT2D eigenvalue weighted by Gasteiger charge is 2.23. The third-order valence-corrected chi connectivity index (χ3v) is 2.80. The Kier molecular flexibility index (Phi) is 2.05. The zero-order valence-corrected chi connectivity index (χ0v) is 8.45. The highest BCUT2D eigenvalue weighted by Crippen LogP contribution is 2.32. The SMILES string of the molecule is Cc1cc(Cl)c2c(c1F)CN(C)C2. The lowest BCUT2D eigenvalue weighted by Crippen LogP contribution is -2.07. The van der Waals surface area contributed by atoms with Gasteiger partial charge in [0.25, 0.3) is 0 Å². The zero-order valence-electron chi connectivity index (χ0n) is 7.69. The molecule has 1 aromatic rings. The highest BCUT2D eigenvalue weighted by atomic mass is 35.5. The van der Waals surface area contributed by atoms with E-state index in [0.29, 0.717) is 17.1 Å². The molecule has 0 spiro atoms. The van der Waals surface area contributed by atoms with Crippen molar-refractivity contribution in [3.8, 4) is 0 Å². The van der Waals surface area contributed by atoms with E-state index in [-0.39, 0.29) is 5.82 Å². The average molecular weight is 200 g/mol. The first-order valence-electron chi connectivity index (χ1n) is 4.24. The van der Waals surface area contributed by atoms with Crippen molar-refractivity contribution < 1.29 is 4.39 Å². The molecule has 0 radical (unpaired) electrons. The van der Waals surface area contributed by atoms with Gasteiger partial charge in [0.2, 0.25) is 0 Å². The first-order chi connectivity index (χ1) is 6.09. The lowest BCUT2D eigenvalue weighted by Gasteiger charge is -2.04. The van der Waals surface area contributed by atoms with Crippen molar-refractivity contribution in [3.05, 3.63) is 33.6 Å². The fourth-order valence-corrected chi connectivity index (χ4v) is 2.12. The number of hydrogen-bond donors (Lipinski definition) is 0. The molecule has 0 bridgehead atoms. The molecule has 0 aromatic heterocycles. The Balaban J connectivity index is 2.62. The lowest BCUT2D eigenvalue weighted by atomic mass is 10.1. The van der Waals surface area contributed by atoms with Crippen LogP contribution < -0.4 is 0 Å². The van der Waals surface area contributed by atoms with Crippen LogP contribution in [0.3, 0.4) is 0 Å². The minimum absolute atomic E-state index is 0.0937. The molecule has 0 amide bonds. The zero-order chi connectivity index (χ0) is 9.59. The third kappa shape index (κ3) is 1.34. The molecule has 0 N–H and O–H groups in total. The number of hydrogen-bond acceptors (Lipinski definition) is 1. The number of nitrogens with zero attached hydrogens (tertiary/aromatic N) is 1. The van der Waals surface area contributed by atoms with Gasteiger partial charge in [-0.15, -0.1) is 0 Å². The summed E-state index contributed by atoms with van der Waals surface area (Å²) in [5.74, 6) is -0.0937. The Hall–Kier alpha value is -0.600. The van der Waals surface area contributed by atoms with Crippen LogP contribution in [0.25, 0.3) is 0 Å². The predicted molar refractivity (Wildman–Crippen MR) is 51.3 cm³/mol. The van der Waals surface area contributed by atoms with Crippen LogP contribution in [0.5, 0.6) is 0 Å². The van der Waals surface area contributed by atoms with Crippen molar-refractivity contribution in [3.63, 3.8) is 0 Å². The van der Waals surface area contributed by atoms with Gasteiger partial charge in [-0.1, -0.05) is 11.6 Å². The molecular formula is C10H11ClFN. The topological polar surface area (TPSA) is 3.24 Å². The Morgan fingerprint density at radius 3 is 2.69 bits per heavy atom. The summed E-state index contributed by atoms with van der Waals surface area (Å²) in [4.78, 5) is 2.05. The third-order valence-electron chi connectivity index (χ3n) is 2.46. The van der Waals surface area contributed by atoms with Gasteiger partial charge in [0.15, 0.2) is 0 Å². The minimum atomic E-state index is -0.0937. The molecule has 0 unspecified atom stereocenters. The number of benzene rings is 1. The van der Waals surface area contributed by atoms with Gasteiger partial charge in [-0.2, -0.15) is 0 Å². The van der Waals surface area contributed by atoms with Gasteiger partial charge >= 0.3 is 0 Å². The molecule has 1 heterocycles. The van der Waals surface area contributed by atoms with E-state index in [0.717, 1.165) is 17.7 Å². The summed E-state index contributed by atoms with van der Waals surface area (Å²) in [7, 11) is 1.96. The minimum Gasteiger partial charge on any atom is -0.298 e. The molecule has 0 atom stereocenters. The summed E-state index contributed by atoms with van der Waals surface area (Å²) < 4.78 is 13.6. The van der Waals surface area contributed by atoms with Gasteiger partial charge in [-0.05, 0) is 31.2 Å². The van der Waals surface area contributed by atoms with Crippen LogP contribution in [0.4, 0.5) is 4.39 Å². The van der Waals surface area contributed by atoms with Crippen molar-refractivity contribution >= 4 is 11.6 Å². The maximum Gasteiger partial charge on any atom is 0.131 e. The average Bonchev–Trinajstić information content (AvgIpc) is 2.44. The lowest BCUT2D eigenvalue weighted by molar-refractivity contribution is 0.350. The largest absolute Gasteiger partial charge is 0.298 e. The van der Waals surface area contributed by atoms with Crippen LogP contribution >= 0.6 is 11.6 Å². The van der Waals surface area contributed by atoms with Crippen LogP contribution in [0.1, 0.15) is 16.7 Å². The van der Waals surface area contributed by atoms with Crippen LogP contribution in [-0.4, -0.2) is 11.9 Å². The number of rotatable bonds is 0. The molecule has 0 fully saturated rings. The summed E-state index contributed by atoms with van der Waals surface area (Å²) in [6.45, 7) is 3.17. The van der Waals surface area contributed by atoms with Crippen molar-refractivity contribution in [2.75, 3.05) is 7.05 Å². The standard InChI is InChI=1S/C10H11ClFN/c1-6-3-9(11)7-4-13(2)5-8(7)10(6)12/h3H,4-5H2,1-2H3. The molecule has 0 aliphatic carbocycles. The van der Waals surface area contributed by atoms with E-state index in [4.69, 9.17) is 11.6 Å². The molecule has 2 rings (SSSR count). The molecule has 1 aliphatic heterocycles. The monoisotopic (exact) mass is 199 g/mol. The first-order valence-corrected chi connectivity index (χ1v) is 4.62. The molecule has 0 saturated heterocycles. The van der Waals surface area contributed by atoms with Gasteiger partial charge in [0.1, 0.15) is 5.82 Å². The fourth-order valence-electron chi connectivity index (χ4n) is 1.79. The second kappa shape index (κ2) is 2.96. The van der Waals surface area contributed by atoms with E-state index in [1.807, 2.05) is 7.05 Å². The van der Waals surface area contributed by atoms with E-state index in [1.165, 1.54) is 0 Å². The highest BCUT2D eigenvalue weighted by molar-refractivity contribution is 6.31. The summed E-state index contributed by atoms with van der Waals surface area (Å²) in [5, 5.41) is 0.693. The summed E-state index contributed by atoms with van der Waals surface area (Å²) in [6.07, 6.45) is 0. The second-order valence-corrected chi connectivity index (χ2v) is 4.03. The van der Waals surface area contributed by atoms with E-state index in [1.54, 1.807) is 13.0 Å². The number of fused-ring (bicyclic) bond motifs is 1. The van der Waals surface area contributed by atoms with Crippen LogP contribution in [0.2, 0.25) is 5.02 Å². The molecule has 70 valence electrons. The second-order valence-electron chi connectivity index (χ2n) is 3.62. The van der Waals surface area contributed by atoms with Crippen LogP contribution in [-0.2, 0) is 13.1 Å². The molecule has 3 heteroatoms. The summed E-state index contributed by atoms with van der Waals surface area (Å²) in [5.41, 5.74) is 2.36. The predicted octanol–water partition coefficient (Wildman–Crippen LogP) is 2.73. The molecule has 1 aromatic carbocycles. The smallest absolute Gasteiger partial charge is 0.131 e. The van der Waals surface area contributed by atoms with Crippen molar-refractivity contribution in [2.24, 2.45) is 0 Å². The normalized spacial score (nSPS) is 16.3. The number of aryl methyl sites for hydroxylation is 1. The molecule has 0 saturated carbocycles. The first kappa shape index (κ1) is 8.97. The van der Waals surface area contributed by atoms with Crippen molar-refractivity contribution in [2.45, 2.75) is 20.0 Å². The Morgan fingerprint density at radius 2 is 2.00 bits per heavy atom. The van der Waals surface area contributed by atoms with Crippen molar-refractivity contribution in [1.82, 2.24) is 4.90 Å². The fraction of sp³-hybridized carbons (Fsp3) is 0.400. The quantitative estimate of drug-likeness (QED) is 0.621.